The molecule has 0 bridgehead atoms. The molecule has 0 aliphatic rings. The SMILES string of the molecule is COc1cc(Br)cc(CNCC(O)c2ccccc2)c1OCc1ccccc1.Cl. The molecular weight excluding hydrogens is 454 g/mol. The molecule has 0 aliphatic heterocycles. The van der Waals surface area contributed by atoms with Crippen LogP contribution in [-0.4, -0.2) is 18.8 Å². The third-order valence-electron chi connectivity index (χ3n) is 4.38. The van der Waals surface area contributed by atoms with E-state index in [0.717, 1.165) is 21.2 Å². The van der Waals surface area contributed by atoms with Gasteiger partial charge in [0.25, 0.3) is 0 Å². The van der Waals surface area contributed by atoms with Crippen molar-refractivity contribution in [3.05, 3.63) is 94.0 Å². The predicted molar refractivity (Wildman–Crippen MR) is 122 cm³/mol. The number of hydrogen-bond donors (Lipinski definition) is 2. The smallest absolute Gasteiger partial charge is 0.166 e. The molecule has 1 atom stereocenters. The van der Waals surface area contributed by atoms with Gasteiger partial charge in [-0.2, -0.15) is 0 Å². The van der Waals surface area contributed by atoms with Crippen molar-refractivity contribution in [2.24, 2.45) is 0 Å². The molecule has 0 saturated carbocycles. The monoisotopic (exact) mass is 477 g/mol. The van der Waals surface area contributed by atoms with E-state index < -0.39 is 6.10 Å². The van der Waals surface area contributed by atoms with Crippen LogP contribution in [0.15, 0.2) is 77.3 Å². The van der Waals surface area contributed by atoms with Crippen molar-refractivity contribution in [2.75, 3.05) is 13.7 Å². The molecule has 0 radical (unpaired) electrons. The van der Waals surface area contributed by atoms with E-state index in [9.17, 15) is 5.11 Å². The summed E-state index contributed by atoms with van der Waals surface area (Å²) in [6.45, 7) is 1.44. The van der Waals surface area contributed by atoms with Gasteiger partial charge in [0.05, 0.1) is 13.2 Å². The molecule has 0 aliphatic carbocycles. The van der Waals surface area contributed by atoms with Crippen molar-refractivity contribution in [2.45, 2.75) is 19.3 Å². The summed E-state index contributed by atoms with van der Waals surface area (Å²) in [5.74, 6) is 1.38. The number of aliphatic hydroxyl groups excluding tert-OH is 1. The molecule has 0 saturated heterocycles. The maximum absolute atomic E-state index is 10.3. The Balaban J connectivity index is 0.00000300. The molecule has 3 aromatic rings. The number of hydrogen-bond acceptors (Lipinski definition) is 4. The van der Waals surface area contributed by atoms with Crippen molar-refractivity contribution in [3.63, 3.8) is 0 Å². The van der Waals surface area contributed by atoms with Crippen molar-refractivity contribution in [1.82, 2.24) is 5.32 Å². The van der Waals surface area contributed by atoms with Crippen LogP contribution < -0.4 is 14.8 Å². The van der Waals surface area contributed by atoms with Gasteiger partial charge in [-0.05, 0) is 23.3 Å². The van der Waals surface area contributed by atoms with Crippen molar-refractivity contribution in [1.29, 1.82) is 0 Å². The lowest BCUT2D eigenvalue weighted by molar-refractivity contribution is 0.174. The van der Waals surface area contributed by atoms with E-state index in [1.807, 2.05) is 72.8 Å². The highest BCUT2D eigenvalue weighted by Crippen LogP contribution is 2.35. The minimum absolute atomic E-state index is 0. The van der Waals surface area contributed by atoms with Crippen molar-refractivity contribution >= 4 is 28.3 Å². The Morgan fingerprint density at radius 2 is 1.66 bits per heavy atom. The highest BCUT2D eigenvalue weighted by Gasteiger charge is 2.14. The molecule has 6 heteroatoms. The maximum Gasteiger partial charge on any atom is 0.166 e. The number of nitrogens with one attached hydrogen (secondary N) is 1. The van der Waals surface area contributed by atoms with Gasteiger partial charge < -0.3 is 19.9 Å². The fourth-order valence-corrected chi connectivity index (χ4v) is 3.42. The van der Waals surface area contributed by atoms with E-state index in [1.54, 1.807) is 7.11 Å². The van der Waals surface area contributed by atoms with E-state index in [-0.39, 0.29) is 12.4 Å². The number of benzene rings is 3. The third kappa shape index (κ3) is 6.75. The van der Waals surface area contributed by atoms with Gasteiger partial charge in [0, 0.05) is 23.1 Å². The summed E-state index contributed by atoms with van der Waals surface area (Å²) in [6, 6.07) is 23.5. The Hall–Kier alpha value is -2.05. The normalized spacial score (nSPS) is 11.4. The van der Waals surface area contributed by atoms with E-state index in [2.05, 4.69) is 21.2 Å². The van der Waals surface area contributed by atoms with Crippen molar-refractivity contribution in [3.8, 4) is 11.5 Å². The molecule has 0 spiro atoms. The zero-order valence-electron chi connectivity index (χ0n) is 16.2. The number of ether oxygens (including phenoxy) is 2. The number of aliphatic hydroxyl groups is 1. The van der Waals surface area contributed by atoms with Crippen LogP contribution in [0.5, 0.6) is 11.5 Å². The first kappa shape index (κ1) is 23.2. The molecule has 29 heavy (non-hydrogen) atoms. The molecule has 0 amide bonds. The van der Waals surface area contributed by atoms with Crippen LogP contribution in [0.2, 0.25) is 0 Å². The molecular formula is C23H25BrClNO3. The second-order valence-electron chi connectivity index (χ2n) is 6.43. The third-order valence-corrected chi connectivity index (χ3v) is 4.84. The Morgan fingerprint density at radius 1 is 1.00 bits per heavy atom. The van der Waals surface area contributed by atoms with Gasteiger partial charge in [0.15, 0.2) is 11.5 Å². The molecule has 2 N–H and O–H groups in total. The number of methoxy groups -OCH3 is 1. The molecule has 3 rings (SSSR count). The summed E-state index contributed by atoms with van der Waals surface area (Å²) in [5.41, 5.74) is 2.94. The summed E-state index contributed by atoms with van der Waals surface area (Å²) in [5, 5.41) is 13.7. The Morgan fingerprint density at radius 3 is 2.31 bits per heavy atom. The first-order valence-electron chi connectivity index (χ1n) is 9.14. The Kier molecular flexibility index (Phi) is 9.48. The zero-order valence-corrected chi connectivity index (χ0v) is 18.6. The predicted octanol–water partition coefficient (Wildman–Crippen LogP) is 5.28. The molecule has 3 aromatic carbocycles. The van der Waals surface area contributed by atoms with Crippen molar-refractivity contribution < 1.29 is 14.6 Å². The van der Waals surface area contributed by atoms with Gasteiger partial charge in [-0.15, -0.1) is 12.4 Å². The van der Waals surface area contributed by atoms with Gasteiger partial charge in [0.2, 0.25) is 0 Å². The van der Waals surface area contributed by atoms with Gasteiger partial charge in [-0.1, -0.05) is 76.6 Å². The van der Waals surface area contributed by atoms with Crippen LogP contribution in [0, 0.1) is 0 Å². The maximum atomic E-state index is 10.3. The van der Waals surface area contributed by atoms with Crippen LogP contribution >= 0.6 is 28.3 Å². The van der Waals surface area contributed by atoms with Crippen LogP contribution in [0.4, 0.5) is 0 Å². The van der Waals surface area contributed by atoms with Crippen LogP contribution in [0.25, 0.3) is 0 Å². The lowest BCUT2D eigenvalue weighted by atomic mass is 10.1. The first-order chi connectivity index (χ1) is 13.7. The molecule has 0 heterocycles. The van der Waals surface area contributed by atoms with Gasteiger partial charge >= 0.3 is 0 Å². The van der Waals surface area contributed by atoms with E-state index in [0.29, 0.717) is 31.2 Å². The minimum Gasteiger partial charge on any atom is -0.493 e. The largest absolute Gasteiger partial charge is 0.493 e. The second-order valence-corrected chi connectivity index (χ2v) is 7.34. The van der Waals surface area contributed by atoms with Gasteiger partial charge in [-0.25, -0.2) is 0 Å². The molecule has 154 valence electrons. The van der Waals surface area contributed by atoms with Crippen LogP contribution in [0.3, 0.4) is 0 Å². The average Bonchev–Trinajstić information content (AvgIpc) is 2.74. The molecule has 0 aromatic heterocycles. The molecule has 4 nitrogen and oxygen atoms in total. The Bertz CT molecular complexity index is 878. The first-order valence-corrected chi connectivity index (χ1v) is 9.93. The van der Waals surface area contributed by atoms with E-state index in [4.69, 9.17) is 9.47 Å². The summed E-state index contributed by atoms with van der Waals surface area (Å²) in [4.78, 5) is 0. The summed E-state index contributed by atoms with van der Waals surface area (Å²) >= 11 is 3.53. The lowest BCUT2D eigenvalue weighted by Gasteiger charge is -2.17. The fourth-order valence-electron chi connectivity index (χ4n) is 2.94. The van der Waals surface area contributed by atoms with Crippen LogP contribution in [-0.2, 0) is 13.2 Å². The number of rotatable bonds is 9. The second kappa shape index (κ2) is 11.8. The van der Waals surface area contributed by atoms with Crippen LogP contribution in [0.1, 0.15) is 22.8 Å². The standard InChI is InChI=1S/C23H24BrNO3.ClH/c1-27-22-13-20(24)12-19(23(22)28-16-17-8-4-2-5-9-17)14-25-15-21(26)18-10-6-3-7-11-18;/h2-13,21,25-26H,14-16H2,1H3;1H. The average molecular weight is 479 g/mol. The zero-order chi connectivity index (χ0) is 19.8. The van der Waals surface area contributed by atoms with E-state index >= 15 is 0 Å². The minimum atomic E-state index is -0.566. The summed E-state index contributed by atoms with van der Waals surface area (Å²) in [6.07, 6.45) is -0.566. The van der Waals surface area contributed by atoms with E-state index in [1.165, 1.54) is 0 Å². The topological polar surface area (TPSA) is 50.7 Å². The molecule has 0 fully saturated rings. The molecule has 1 unspecified atom stereocenters. The highest BCUT2D eigenvalue weighted by molar-refractivity contribution is 9.10. The lowest BCUT2D eigenvalue weighted by Crippen LogP contribution is -2.21. The highest BCUT2D eigenvalue weighted by atomic mass is 79.9. The fraction of sp³-hybridized carbons (Fsp3) is 0.217. The number of halogens is 2. The van der Waals surface area contributed by atoms with Gasteiger partial charge in [0.1, 0.15) is 6.61 Å². The summed E-state index contributed by atoms with van der Waals surface area (Å²) in [7, 11) is 1.63. The van der Waals surface area contributed by atoms with Gasteiger partial charge in [-0.3, -0.25) is 0 Å². The summed E-state index contributed by atoms with van der Waals surface area (Å²) < 4.78 is 12.5. The Labute approximate surface area is 186 Å². The quantitative estimate of drug-likeness (QED) is 0.439.